The number of urea groups is 1. The summed E-state index contributed by atoms with van der Waals surface area (Å²) in [5, 5.41) is 6.75. The van der Waals surface area contributed by atoms with Gasteiger partial charge in [0.1, 0.15) is 0 Å². The second-order valence-corrected chi connectivity index (χ2v) is 7.52. The number of para-hydroxylation sites is 1. The zero-order valence-corrected chi connectivity index (χ0v) is 15.6. The lowest BCUT2D eigenvalue weighted by Crippen LogP contribution is -2.27. The molecule has 2 N–H and O–H groups in total. The molecule has 1 fully saturated rings. The second-order valence-electron chi connectivity index (χ2n) is 6.41. The Morgan fingerprint density at radius 3 is 2.74 bits per heavy atom. The lowest BCUT2D eigenvalue weighted by molar-refractivity contribution is -0.116. The Kier molecular flexibility index (Phi) is 5.02. The third-order valence-corrected chi connectivity index (χ3v) is 5.55. The van der Waals surface area contributed by atoms with Gasteiger partial charge in [-0.25, -0.2) is 9.78 Å². The van der Waals surface area contributed by atoms with Gasteiger partial charge >= 0.3 is 6.03 Å². The highest BCUT2D eigenvalue weighted by Crippen LogP contribution is 2.23. The number of carbonyl (C=O) groups excluding carboxylic acids is 2. The molecule has 2 aromatic carbocycles. The summed E-state index contributed by atoms with van der Waals surface area (Å²) in [5.74, 6) is -0.0113. The van der Waals surface area contributed by atoms with Crippen LogP contribution in [-0.2, 0) is 11.2 Å². The van der Waals surface area contributed by atoms with Gasteiger partial charge in [0.25, 0.3) is 0 Å². The van der Waals surface area contributed by atoms with Gasteiger partial charge in [-0.05, 0) is 49.2 Å². The van der Waals surface area contributed by atoms with Crippen LogP contribution in [0.1, 0.15) is 17.8 Å². The Bertz CT molecular complexity index is 935. The standard InChI is InChI=1S/C20H20N4O2S/c25-18(6-3-7-19-23-16-4-1-2-5-17(16)27-19)22-14-8-10-15(11-9-14)24-13-12-21-20(24)26/h1-2,4-5,8-11H,3,6-7,12-13H2,(H,21,26)(H,22,25). The molecule has 6 nitrogen and oxygen atoms in total. The maximum atomic E-state index is 12.2. The average molecular weight is 380 g/mol. The lowest BCUT2D eigenvalue weighted by atomic mass is 10.2. The Labute approximate surface area is 161 Å². The lowest BCUT2D eigenvalue weighted by Gasteiger charge is -2.14. The fourth-order valence-corrected chi connectivity index (χ4v) is 4.10. The van der Waals surface area contributed by atoms with E-state index in [1.807, 2.05) is 42.5 Å². The van der Waals surface area contributed by atoms with E-state index in [0.29, 0.717) is 19.5 Å². The summed E-state index contributed by atoms with van der Waals surface area (Å²) in [7, 11) is 0. The van der Waals surface area contributed by atoms with E-state index in [1.54, 1.807) is 16.2 Å². The Morgan fingerprint density at radius 2 is 2.00 bits per heavy atom. The van der Waals surface area contributed by atoms with Gasteiger partial charge in [-0.2, -0.15) is 0 Å². The SMILES string of the molecule is O=C(CCCc1nc2ccccc2s1)Nc1ccc(N2CCNC2=O)cc1. The monoisotopic (exact) mass is 380 g/mol. The highest BCUT2D eigenvalue weighted by molar-refractivity contribution is 7.18. The molecule has 0 radical (unpaired) electrons. The number of amides is 3. The number of hydrogen-bond acceptors (Lipinski definition) is 4. The van der Waals surface area contributed by atoms with Crippen LogP contribution in [0, 0.1) is 0 Å². The van der Waals surface area contributed by atoms with Crippen molar-refractivity contribution in [2.24, 2.45) is 0 Å². The zero-order chi connectivity index (χ0) is 18.6. The molecule has 3 amide bonds. The summed E-state index contributed by atoms with van der Waals surface area (Å²) in [6, 6.07) is 15.3. The Hall–Kier alpha value is -2.93. The molecule has 1 aromatic heterocycles. The van der Waals surface area contributed by atoms with Crippen LogP contribution in [0.4, 0.5) is 16.2 Å². The van der Waals surface area contributed by atoms with Crippen molar-refractivity contribution in [3.63, 3.8) is 0 Å². The van der Waals surface area contributed by atoms with Crippen LogP contribution in [0.5, 0.6) is 0 Å². The molecule has 3 aromatic rings. The molecule has 0 bridgehead atoms. The number of nitrogens with one attached hydrogen (secondary N) is 2. The summed E-state index contributed by atoms with van der Waals surface area (Å²) in [6.07, 6.45) is 2.01. The van der Waals surface area contributed by atoms with Gasteiger partial charge in [0.05, 0.1) is 15.2 Å². The van der Waals surface area contributed by atoms with Crippen LogP contribution in [0.25, 0.3) is 10.2 Å². The molecule has 1 saturated heterocycles. The number of fused-ring (bicyclic) bond motifs is 1. The van der Waals surface area contributed by atoms with E-state index >= 15 is 0 Å². The van der Waals surface area contributed by atoms with Crippen LogP contribution in [0.3, 0.4) is 0 Å². The van der Waals surface area contributed by atoms with E-state index in [1.165, 1.54) is 4.70 Å². The van der Waals surface area contributed by atoms with E-state index in [2.05, 4.69) is 21.7 Å². The number of aromatic nitrogens is 1. The number of benzene rings is 2. The third-order valence-electron chi connectivity index (χ3n) is 4.45. The molecule has 2 heterocycles. The maximum absolute atomic E-state index is 12.2. The molecule has 0 aliphatic carbocycles. The van der Waals surface area contributed by atoms with Crippen LogP contribution in [-0.4, -0.2) is 30.0 Å². The van der Waals surface area contributed by atoms with Gasteiger partial charge in [0, 0.05) is 30.9 Å². The first-order chi connectivity index (χ1) is 13.2. The molecular formula is C20H20N4O2S. The summed E-state index contributed by atoms with van der Waals surface area (Å²) < 4.78 is 1.18. The van der Waals surface area contributed by atoms with Gasteiger partial charge in [-0.15, -0.1) is 11.3 Å². The van der Waals surface area contributed by atoms with Gasteiger partial charge in [0.2, 0.25) is 5.91 Å². The first-order valence-electron chi connectivity index (χ1n) is 8.99. The molecule has 27 heavy (non-hydrogen) atoms. The molecule has 4 rings (SSSR count). The van der Waals surface area contributed by atoms with Crippen molar-refractivity contribution in [3.8, 4) is 0 Å². The van der Waals surface area contributed by atoms with Gasteiger partial charge in [-0.1, -0.05) is 12.1 Å². The van der Waals surface area contributed by atoms with Crippen LogP contribution in [0.2, 0.25) is 0 Å². The largest absolute Gasteiger partial charge is 0.336 e. The predicted molar refractivity (Wildman–Crippen MR) is 108 cm³/mol. The zero-order valence-electron chi connectivity index (χ0n) is 14.8. The van der Waals surface area contributed by atoms with E-state index in [9.17, 15) is 9.59 Å². The van der Waals surface area contributed by atoms with E-state index in [0.717, 1.165) is 34.7 Å². The van der Waals surface area contributed by atoms with E-state index in [4.69, 9.17) is 0 Å². The molecule has 7 heteroatoms. The van der Waals surface area contributed by atoms with Gasteiger partial charge in [0.15, 0.2) is 0 Å². The molecule has 0 saturated carbocycles. The summed E-state index contributed by atoms with van der Waals surface area (Å²) in [5.41, 5.74) is 2.59. The van der Waals surface area contributed by atoms with Gasteiger partial charge < -0.3 is 10.6 Å². The maximum Gasteiger partial charge on any atom is 0.321 e. The summed E-state index contributed by atoms with van der Waals surface area (Å²) in [4.78, 5) is 30.1. The molecular weight excluding hydrogens is 360 g/mol. The van der Waals surface area contributed by atoms with Gasteiger partial charge in [-0.3, -0.25) is 9.69 Å². The smallest absolute Gasteiger partial charge is 0.321 e. The van der Waals surface area contributed by atoms with Crippen molar-refractivity contribution < 1.29 is 9.59 Å². The fraction of sp³-hybridized carbons (Fsp3) is 0.250. The third kappa shape index (κ3) is 4.09. The number of thiazole rings is 1. The number of rotatable bonds is 6. The number of aryl methyl sites for hydroxylation is 1. The van der Waals surface area contributed by atoms with Crippen molar-refractivity contribution >= 4 is 44.9 Å². The van der Waals surface area contributed by atoms with Crippen molar-refractivity contribution in [1.82, 2.24) is 10.3 Å². The molecule has 1 aliphatic heterocycles. The first-order valence-corrected chi connectivity index (χ1v) is 9.80. The number of carbonyl (C=O) groups is 2. The van der Waals surface area contributed by atoms with Crippen molar-refractivity contribution in [2.75, 3.05) is 23.3 Å². The molecule has 0 atom stereocenters. The van der Waals surface area contributed by atoms with Crippen LogP contribution < -0.4 is 15.5 Å². The van der Waals surface area contributed by atoms with E-state index < -0.39 is 0 Å². The fourth-order valence-electron chi connectivity index (χ4n) is 3.09. The highest BCUT2D eigenvalue weighted by Gasteiger charge is 2.20. The summed E-state index contributed by atoms with van der Waals surface area (Å²) >= 11 is 1.69. The Balaban J connectivity index is 1.27. The first kappa shape index (κ1) is 17.5. The average Bonchev–Trinajstić information content (AvgIpc) is 3.28. The molecule has 0 unspecified atom stereocenters. The normalized spacial score (nSPS) is 13.8. The minimum atomic E-state index is -0.0818. The molecule has 0 spiro atoms. The van der Waals surface area contributed by atoms with Crippen LogP contribution in [0.15, 0.2) is 48.5 Å². The van der Waals surface area contributed by atoms with Crippen molar-refractivity contribution in [1.29, 1.82) is 0 Å². The number of anilines is 2. The van der Waals surface area contributed by atoms with Crippen LogP contribution >= 0.6 is 11.3 Å². The minimum absolute atomic E-state index is 0.0113. The Morgan fingerprint density at radius 1 is 1.19 bits per heavy atom. The number of hydrogen-bond donors (Lipinski definition) is 2. The molecule has 1 aliphatic rings. The molecule has 138 valence electrons. The van der Waals surface area contributed by atoms with Crippen molar-refractivity contribution in [2.45, 2.75) is 19.3 Å². The highest BCUT2D eigenvalue weighted by atomic mass is 32.1. The summed E-state index contributed by atoms with van der Waals surface area (Å²) in [6.45, 7) is 1.32. The minimum Gasteiger partial charge on any atom is -0.336 e. The second kappa shape index (κ2) is 7.75. The number of nitrogens with zero attached hydrogens (tertiary/aromatic N) is 2. The predicted octanol–water partition coefficient (Wildman–Crippen LogP) is 3.79. The topological polar surface area (TPSA) is 74.3 Å². The van der Waals surface area contributed by atoms with Crippen molar-refractivity contribution in [3.05, 3.63) is 53.5 Å². The quantitative estimate of drug-likeness (QED) is 0.683. The van der Waals surface area contributed by atoms with E-state index in [-0.39, 0.29) is 11.9 Å².